The Bertz CT molecular complexity index is 947. The molecular weight excluding hydrogens is 372 g/mol. The Kier molecular flexibility index (Phi) is 5.00. The Morgan fingerprint density at radius 3 is 2.93 bits per heavy atom. The lowest BCUT2D eigenvalue weighted by Crippen LogP contribution is -2.36. The second kappa shape index (κ2) is 7.77. The molecule has 0 radical (unpaired) electrons. The van der Waals surface area contributed by atoms with Crippen molar-refractivity contribution in [2.24, 2.45) is 0 Å². The lowest BCUT2D eigenvalue weighted by atomic mass is 9.97. The van der Waals surface area contributed by atoms with Gasteiger partial charge in [-0.1, -0.05) is 0 Å². The first-order chi connectivity index (χ1) is 13.8. The zero-order chi connectivity index (χ0) is 18.9. The van der Waals surface area contributed by atoms with Gasteiger partial charge in [-0.05, 0) is 38.4 Å². The summed E-state index contributed by atoms with van der Waals surface area (Å²) < 4.78 is 7.41. The van der Waals surface area contributed by atoms with Gasteiger partial charge in [0.2, 0.25) is 0 Å². The molecule has 2 saturated heterocycles. The van der Waals surface area contributed by atoms with Crippen LogP contribution in [0.15, 0.2) is 23.8 Å². The summed E-state index contributed by atoms with van der Waals surface area (Å²) in [6.45, 7) is 8.69. The van der Waals surface area contributed by atoms with Crippen LogP contribution >= 0.6 is 11.3 Å². The standard InChI is InChI=1S/C20H26N6OS/c1-15-18(28-14-21-15)13-24-6-2-3-16(11-24)20-22-19-5-4-17(12-26(19)23-20)25-7-9-27-10-8-25/h4-5,12,14,16H,2-3,6-11,13H2,1H3. The average Bonchev–Trinajstić information content (AvgIpc) is 3.34. The molecule has 8 heteroatoms. The fourth-order valence-corrected chi connectivity index (χ4v) is 4.98. The van der Waals surface area contributed by atoms with Gasteiger partial charge in [-0.3, -0.25) is 4.90 Å². The number of hydrogen-bond acceptors (Lipinski definition) is 7. The van der Waals surface area contributed by atoms with E-state index in [4.69, 9.17) is 14.8 Å². The van der Waals surface area contributed by atoms with E-state index in [0.29, 0.717) is 5.92 Å². The summed E-state index contributed by atoms with van der Waals surface area (Å²) in [5.74, 6) is 1.37. The van der Waals surface area contributed by atoms with Crippen LogP contribution < -0.4 is 4.90 Å². The number of likely N-dealkylation sites (tertiary alicyclic amines) is 1. The van der Waals surface area contributed by atoms with Gasteiger partial charge in [0.25, 0.3) is 0 Å². The predicted molar refractivity (Wildman–Crippen MR) is 110 cm³/mol. The zero-order valence-corrected chi connectivity index (χ0v) is 17.1. The van der Waals surface area contributed by atoms with Crippen molar-refractivity contribution >= 4 is 22.7 Å². The van der Waals surface area contributed by atoms with Crippen molar-refractivity contribution in [3.63, 3.8) is 0 Å². The van der Waals surface area contributed by atoms with Gasteiger partial charge in [-0.25, -0.2) is 14.5 Å². The molecule has 3 aromatic rings. The fraction of sp³-hybridized carbons (Fsp3) is 0.550. The van der Waals surface area contributed by atoms with Crippen molar-refractivity contribution in [3.05, 3.63) is 40.2 Å². The topological polar surface area (TPSA) is 58.8 Å². The van der Waals surface area contributed by atoms with Gasteiger partial charge in [0, 0.05) is 37.0 Å². The van der Waals surface area contributed by atoms with E-state index in [9.17, 15) is 0 Å². The van der Waals surface area contributed by atoms with Crippen LogP contribution in [0.3, 0.4) is 0 Å². The second-order valence-electron chi connectivity index (χ2n) is 7.69. The van der Waals surface area contributed by atoms with Crippen LogP contribution in [0.2, 0.25) is 0 Å². The maximum atomic E-state index is 5.46. The Labute approximate surface area is 169 Å². The van der Waals surface area contributed by atoms with Gasteiger partial charge in [0.05, 0.1) is 36.3 Å². The molecule has 2 aliphatic rings. The summed E-state index contributed by atoms with van der Waals surface area (Å²) in [7, 11) is 0. The van der Waals surface area contributed by atoms with E-state index in [1.165, 1.54) is 17.0 Å². The molecule has 1 unspecified atom stereocenters. The number of aromatic nitrogens is 4. The molecule has 0 N–H and O–H groups in total. The fourth-order valence-electron chi connectivity index (χ4n) is 4.16. The number of morpholine rings is 1. The van der Waals surface area contributed by atoms with E-state index < -0.39 is 0 Å². The van der Waals surface area contributed by atoms with Gasteiger partial charge in [0.15, 0.2) is 11.5 Å². The summed E-state index contributed by atoms with van der Waals surface area (Å²) in [5, 5.41) is 4.85. The molecular formula is C20H26N6OS. The third kappa shape index (κ3) is 3.64. The molecule has 5 rings (SSSR count). The third-order valence-corrected chi connectivity index (χ3v) is 6.71. The molecule has 2 aliphatic heterocycles. The van der Waals surface area contributed by atoms with Crippen LogP contribution in [-0.4, -0.2) is 63.9 Å². The first-order valence-electron chi connectivity index (χ1n) is 10.1. The molecule has 0 aromatic carbocycles. The quantitative estimate of drug-likeness (QED) is 0.674. The van der Waals surface area contributed by atoms with Gasteiger partial charge < -0.3 is 9.64 Å². The third-order valence-electron chi connectivity index (χ3n) is 5.79. The highest BCUT2D eigenvalue weighted by Gasteiger charge is 2.25. The van der Waals surface area contributed by atoms with Crippen molar-refractivity contribution in [3.8, 4) is 0 Å². The average molecular weight is 399 g/mol. The number of pyridine rings is 1. The van der Waals surface area contributed by atoms with Crippen molar-refractivity contribution in [1.82, 2.24) is 24.5 Å². The highest BCUT2D eigenvalue weighted by Crippen LogP contribution is 2.28. The molecule has 0 aliphatic carbocycles. The molecule has 0 saturated carbocycles. The van der Waals surface area contributed by atoms with Crippen LogP contribution in [0.25, 0.3) is 5.65 Å². The number of thiazole rings is 1. The molecule has 5 heterocycles. The largest absolute Gasteiger partial charge is 0.378 e. The van der Waals surface area contributed by atoms with Crippen LogP contribution in [0.1, 0.15) is 35.2 Å². The van der Waals surface area contributed by atoms with Gasteiger partial charge in [0.1, 0.15) is 0 Å². The van der Waals surface area contributed by atoms with Crippen molar-refractivity contribution in [1.29, 1.82) is 0 Å². The van der Waals surface area contributed by atoms with E-state index in [0.717, 1.165) is 69.5 Å². The Balaban J connectivity index is 1.32. The second-order valence-corrected chi connectivity index (χ2v) is 8.63. The first-order valence-corrected chi connectivity index (χ1v) is 10.9. The number of hydrogen-bond donors (Lipinski definition) is 0. The SMILES string of the molecule is Cc1ncsc1CN1CCCC(c2nc3ccc(N4CCOCC4)cn3n2)C1. The lowest BCUT2D eigenvalue weighted by Gasteiger charge is -2.31. The van der Waals surface area contributed by atoms with Crippen molar-refractivity contribution in [2.75, 3.05) is 44.3 Å². The van der Waals surface area contributed by atoms with E-state index in [1.54, 1.807) is 11.3 Å². The van der Waals surface area contributed by atoms with Crippen LogP contribution in [-0.2, 0) is 11.3 Å². The lowest BCUT2D eigenvalue weighted by molar-refractivity contribution is 0.122. The number of rotatable bonds is 4. The van der Waals surface area contributed by atoms with E-state index in [-0.39, 0.29) is 0 Å². The van der Waals surface area contributed by atoms with E-state index in [1.807, 2.05) is 10.0 Å². The molecule has 0 amide bonds. The molecule has 1 atom stereocenters. The first kappa shape index (κ1) is 18.0. The summed E-state index contributed by atoms with van der Waals surface area (Å²) in [5.41, 5.74) is 5.23. The number of aryl methyl sites for hydroxylation is 1. The molecule has 7 nitrogen and oxygen atoms in total. The summed E-state index contributed by atoms with van der Waals surface area (Å²) in [4.78, 5) is 15.5. The van der Waals surface area contributed by atoms with Crippen LogP contribution in [0.4, 0.5) is 5.69 Å². The van der Waals surface area contributed by atoms with Crippen molar-refractivity contribution < 1.29 is 4.74 Å². The van der Waals surface area contributed by atoms with Gasteiger partial charge >= 0.3 is 0 Å². The van der Waals surface area contributed by atoms with Crippen LogP contribution in [0.5, 0.6) is 0 Å². The Morgan fingerprint density at radius 2 is 2.11 bits per heavy atom. The minimum Gasteiger partial charge on any atom is -0.378 e. The number of piperidine rings is 1. The minimum atomic E-state index is 0.397. The van der Waals surface area contributed by atoms with E-state index >= 15 is 0 Å². The summed E-state index contributed by atoms with van der Waals surface area (Å²) in [6.07, 6.45) is 4.46. The number of fused-ring (bicyclic) bond motifs is 1. The van der Waals surface area contributed by atoms with Gasteiger partial charge in [-0.2, -0.15) is 5.10 Å². The number of ether oxygens (including phenoxy) is 1. The molecule has 2 fully saturated rings. The van der Waals surface area contributed by atoms with E-state index in [2.05, 4.69) is 40.0 Å². The molecule has 0 spiro atoms. The highest BCUT2D eigenvalue weighted by atomic mass is 32.1. The maximum absolute atomic E-state index is 5.46. The minimum absolute atomic E-state index is 0.397. The summed E-state index contributed by atoms with van der Waals surface area (Å²) >= 11 is 1.76. The molecule has 28 heavy (non-hydrogen) atoms. The number of nitrogens with zero attached hydrogens (tertiary/aromatic N) is 6. The molecule has 0 bridgehead atoms. The highest BCUT2D eigenvalue weighted by molar-refractivity contribution is 7.09. The smallest absolute Gasteiger partial charge is 0.156 e. The zero-order valence-electron chi connectivity index (χ0n) is 16.3. The van der Waals surface area contributed by atoms with Crippen LogP contribution in [0, 0.1) is 6.92 Å². The molecule has 3 aromatic heterocycles. The summed E-state index contributed by atoms with van der Waals surface area (Å²) in [6, 6.07) is 4.24. The Morgan fingerprint density at radius 1 is 1.21 bits per heavy atom. The monoisotopic (exact) mass is 398 g/mol. The molecule has 148 valence electrons. The Hall–Kier alpha value is -2.03. The predicted octanol–water partition coefficient (Wildman–Crippen LogP) is 2.71. The normalized spacial score (nSPS) is 21.5. The number of anilines is 1. The maximum Gasteiger partial charge on any atom is 0.156 e. The van der Waals surface area contributed by atoms with Gasteiger partial charge in [-0.15, -0.1) is 11.3 Å². The van der Waals surface area contributed by atoms with Crippen molar-refractivity contribution in [2.45, 2.75) is 32.2 Å².